The molecule has 0 aliphatic heterocycles. The van der Waals surface area contributed by atoms with Gasteiger partial charge < -0.3 is 15.0 Å². The third kappa shape index (κ3) is 3.39. The van der Waals surface area contributed by atoms with E-state index >= 15 is 0 Å². The maximum atomic E-state index is 5.99. The van der Waals surface area contributed by atoms with Crippen molar-refractivity contribution in [2.45, 2.75) is 13.0 Å². The molecule has 0 saturated carbocycles. The van der Waals surface area contributed by atoms with Crippen LogP contribution in [0.25, 0.3) is 0 Å². The van der Waals surface area contributed by atoms with Crippen molar-refractivity contribution in [3.8, 4) is 5.75 Å². The first kappa shape index (κ1) is 11.8. The van der Waals surface area contributed by atoms with Gasteiger partial charge in [-0.15, -0.1) is 0 Å². The van der Waals surface area contributed by atoms with Crippen LogP contribution in [0.5, 0.6) is 5.75 Å². The third-order valence-corrected chi connectivity index (χ3v) is 2.63. The molecule has 2 rings (SSSR count). The van der Waals surface area contributed by atoms with E-state index in [1.165, 1.54) is 0 Å². The Morgan fingerprint density at radius 1 is 1.41 bits per heavy atom. The van der Waals surface area contributed by atoms with E-state index in [2.05, 4.69) is 4.98 Å². The van der Waals surface area contributed by atoms with E-state index in [0.717, 1.165) is 13.0 Å². The number of imidazole rings is 1. The highest BCUT2D eigenvalue weighted by Crippen LogP contribution is 2.26. The minimum atomic E-state index is 0.549. The monoisotopic (exact) mass is 251 g/mol. The van der Waals surface area contributed by atoms with Crippen LogP contribution in [-0.2, 0) is 6.54 Å². The van der Waals surface area contributed by atoms with Gasteiger partial charge in [0.15, 0.2) is 0 Å². The average Bonchev–Trinajstić information content (AvgIpc) is 2.79. The van der Waals surface area contributed by atoms with Crippen LogP contribution in [0.15, 0.2) is 36.9 Å². The third-order valence-electron chi connectivity index (χ3n) is 2.33. The SMILES string of the molecule is Nc1ccc(OCCCn2ccnc2)c(Cl)c1. The molecule has 0 aliphatic carbocycles. The molecule has 0 fully saturated rings. The molecule has 0 unspecified atom stereocenters. The van der Waals surface area contributed by atoms with Crippen molar-refractivity contribution in [2.75, 3.05) is 12.3 Å². The van der Waals surface area contributed by atoms with Crippen molar-refractivity contribution in [3.63, 3.8) is 0 Å². The molecule has 1 aromatic carbocycles. The number of aromatic nitrogens is 2. The summed E-state index contributed by atoms with van der Waals surface area (Å²) in [5.74, 6) is 0.673. The van der Waals surface area contributed by atoms with Crippen LogP contribution in [0.1, 0.15) is 6.42 Å². The lowest BCUT2D eigenvalue weighted by atomic mass is 10.3. The van der Waals surface area contributed by atoms with Gasteiger partial charge in [0.2, 0.25) is 0 Å². The van der Waals surface area contributed by atoms with Crippen LogP contribution in [0.2, 0.25) is 5.02 Å². The molecular weight excluding hydrogens is 238 g/mol. The highest BCUT2D eigenvalue weighted by molar-refractivity contribution is 6.32. The number of nitrogen functional groups attached to an aromatic ring is 1. The second kappa shape index (κ2) is 5.59. The van der Waals surface area contributed by atoms with E-state index < -0.39 is 0 Å². The first-order valence-electron chi connectivity index (χ1n) is 5.39. The molecule has 5 heteroatoms. The number of ether oxygens (including phenoxy) is 1. The summed E-state index contributed by atoms with van der Waals surface area (Å²) < 4.78 is 7.58. The van der Waals surface area contributed by atoms with Crippen LogP contribution in [0.3, 0.4) is 0 Å². The van der Waals surface area contributed by atoms with Gasteiger partial charge in [-0.05, 0) is 24.6 Å². The molecule has 0 atom stereocenters. The highest BCUT2D eigenvalue weighted by Gasteiger charge is 2.01. The minimum Gasteiger partial charge on any atom is -0.492 e. The average molecular weight is 252 g/mol. The van der Waals surface area contributed by atoms with E-state index in [0.29, 0.717) is 23.1 Å². The van der Waals surface area contributed by atoms with Gasteiger partial charge in [-0.2, -0.15) is 0 Å². The van der Waals surface area contributed by atoms with Crippen molar-refractivity contribution in [1.82, 2.24) is 9.55 Å². The molecule has 0 saturated heterocycles. The lowest BCUT2D eigenvalue weighted by Gasteiger charge is -2.08. The van der Waals surface area contributed by atoms with Crippen LogP contribution in [0, 0.1) is 0 Å². The zero-order valence-corrected chi connectivity index (χ0v) is 10.1. The number of aryl methyl sites for hydroxylation is 1. The Morgan fingerprint density at radius 2 is 2.29 bits per heavy atom. The largest absolute Gasteiger partial charge is 0.492 e. The Morgan fingerprint density at radius 3 is 3.00 bits per heavy atom. The highest BCUT2D eigenvalue weighted by atomic mass is 35.5. The normalized spacial score (nSPS) is 10.4. The molecule has 2 aromatic rings. The smallest absolute Gasteiger partial charge is 0.138 e. The second-order valence-electron chi connectivity index (χ2n) is 3.69. The van der Waals surface area contributed by atoms with Gasteiger partial charge in [-0.25, -0.2) is 4.98 Å². The lowest BCUT2D eigenvalue weighted by molar-refractivity contribution is 0.302. The lowest BCUT2D eigenvalue weighted by Crippen LogP contribution is -2.03. The van der Waals surface area contributed by atoms with Crippen molar-refractivity contribution in [3.05, 3.63) is 41.9 Å². The van der Waals surface area contributed by atoms with Crippen molar-refractivity contribution in [2.24, 2.45) is 0 Å². The second-order valence-corrected chi connectivity index (χ2v) is 4.10. The Balaban J connectivity index is 1.78. The number of nitrogens with two attached hydrogens (primary N) is 1. The molecule has 4 nitrogen and oxygen atoms in total. The number of rotatable bonds is 5. The first-order chi connectivity index (χ1) is 8.25. The van der Waals surface area contributed by atoms with Crippen molar-refractivity contribution >= 4 is 17.3 Å². The van der Waals surface area contributed by atoms with Gasteiger partial charge in [0, 0.05) is 24.6 Å². The predicted molar refractivity (Wildman–Crippen MR) is 68.2 cm³/mol. The van der Waals surface area contributed by atoms with E-state index in [-0.39, 0.29) is 0 Å². The Bertz CT molecular complexity index is 471. The summed E-state index contributed by atoms with van der Waals surface area (Å²) in [4.78, 5) is 3.97. The fraction of sp³-hybridized carbons (Fsp3) is 0.250. The summed E-state index contributed by atoms with van der Waals surface area (Å²) >= 11 is 5.99. The maximum absolute atomic E-state index is 5.99. The van der Waals surface area contributed by atoms with Crippen molar-refractivity contribution in [1.29, 1.82) is 0 Å². The predicted octanol–water partition coefficient (Wildman–Crippen LogP) is 2.59. The molecule has 0 amide bonds. The summed E-state index contributed by atoms with van der Waals surface area (Å²) in [7, 11) is 0. The van der Waals surface area contributed by atoms with Crippen LogP contribution in [-0.4, -0.2) is 16.2 Å². The molecule has 17 heavy (non-hydrogen) atoms. The Kier molecular flexibility index (Phi) is 3.88. The van der Waals surface area contributed by atoms with Gasteiger partial charge in [0.1, 0.15) is 5.75 Å². The summed E-state index contributed by atoms with van der Waals surface area (Å²) in [6.07, 6.45) is 6.38. The molecule has 0 bridgehead atoms. The molecule has 0 aliphatic rings. The summed E-state index contributed by atoms with van der Waals surface area (Å²) in [6, 6.07) is 5.25. The number of benzene rings is 1. The topological polar surface area (TPSA) is 53.1 Å². The van der Waals surface area contributed by atoms with Crippen LogP contribution < -0.4 is 10.5 Å². The quantitative estimate of drug-likeness (QED) is 0.656. The molecule has 1 heterocycles. The number of nitrogens with zero attached hydrogens (tertiary/aromatic N) is 2. The van der Waals surface area contributed by atoms with Crippen LogP contribution in [0.4, 0.5) is 5.69 Å². The summed E-state index contributed by atoms with van der Waals surface area (Å²) in [5.41, 5.74) is 6.24. The summed E-state index contributed by atoms with van der Waals surface area (Å²) in [5, 5.41) is 0.549. The van der Waals surface area contributed by atoms with E-state index in [1.54, 1.807) is 30.7 Å². The zero-order chi connectivity index (χ0) is 12.1. The Hall–Kier alpha value is -1.68. The standard InChI is InChI=1S/C12H14ClN3O/c13-11-8-10(14)2-3-12(11)17-7-1-5-16-6-4-15-9-16/h2-4,6,8-9H,1,5,7,14H2. The molecule has 0 radical (unpaired) electrons. The number of hydrogen-bond donors (Lipinski definition) is 1. The van der Waals surface area contributed by atoms with Gasteiger partial charge in [0.25, 0.3) is 0 Å². The van der Waals surface area contributed by atoms with E-state index in [9.17, 15) is 0 Å². The molecule has 1 aromatic heterocycles. The van der Waals surface area contributed by atoms with Crippen LogP contribution >= 0.6 is 11.6 Å². The fourth-order valence-corrected chi connectivity index (χ4v) is 1.73. The molecule has 90 valence electrons. The number of halogens is 1. The first-order valence-corrected chi connectivity index (χ1v) is 5.77. The van der Waals surface area contributed by atoms with Gasteiger partial charge in [-0.3, -0.25) is 0 Å². The number of anilines is 1. The number of hydrogen-bond acceptors (Lipinski definition) is 3. The molecule has 2 N–H and O–H groups in total. The minimum absolute atomic E-state index is 0.549. The Labute approximate surface area is 105 Å². The summed E-state index contributed by atoms with van der Waals surface area (Å²) in [6.45, 7) is 1.49. The van der Waals surface area contributed by atoms with E-state index in [1.807, 2.05) is 10.8 Å². The molecule has 0 spiro atoms. The zero-order valence-electron chi connectivity index (χ0n) is 9.34. The van der Waals surface area contributed by atoms with Crippen molar-refractivity contribution < 1.29 is 4.74 Å². The maximum Gasteiger partial charge on any atom is 0.138 e. The van der Waals surface area contributed by atoms with Gasteiger partial charge >= 0.3 is 0 Å². The van der Waals surface area contributed by atoms with E-state index in [4.69, 9.17) is 22.1 Å². The fourth-order valence-electron chi connectivity index (χ4n) is 1.48. The van der Waals surface area contributed by atoms with Gasteiger partial charge in [-0.1, -0.05) is 11.6 Å². The molecular formula is C12H14ClN3O. The van der Waals surface area contributed by atoms with Gasteiger partial charge in [0.05, 0.1) is 18.0 Å².